The smallest absolute Gasteiger partial charge is 0.338 e. The molecule has 7 heteroatoms. The molecule has 2 aromatic carbocycles. The highest BCUT2D eigenvalue weighted by Gasteiger charge is 2.20. The molecular formula is C19H16N2O4S. The van der Waals surface area contributed by atoms with Crippen LogP contribution in [0.2, 0.25) is 0 Å². The Hall–Kier alpha value is -3.06. The second-order valence-electron chi connectivity index (χ2n) is 5.67. The Morgan fingerprint density at radius 3 is 2.69 bits per heavy atom. The van der Waals surface area contributed by atoms with Crippen molar-refractivity contribution in [1.82, 2.24) is 4.98 Å². The van der Waals surface area contributed by atoms with E-state index in [1.807, 2.05) is 0 Å². The Kier molecular flexibility index (Phi) is 5.09. The summed E-state index contributed by atoms with van der Waals surface area (Å²) in [7, 11) is 0. The van der Waals surface area contributed by atoms with E-state index < -0.39 is 18.0 Å². The number of Topliss-reactive ketones (excluding diaryl/α,β-unsaturated/α-hetero) is 1. The average Bonchev–Trinajstić information content (AvgIpc) is 3.09. The Balaban J connectivity index is 1.69. The summed E-state index contributed by atoms with van der Waals surface area (Å²) in [5.41, 5.74) is 3.64. The third kappa shape index (κ3) is 3.78. The number of hydrogen-bond donors (Lipinski definition) is 1. The first-order chi connectivity index (χ1) is 12.5. The standard InChI is InChI=1S/C19H16N2O4S/c1-11(22)14-5-3-4-6-15(14)21-18(23)12(2)25-19(24)13-7-8-16-17(9-13)26-10-20-16/h3-10,12H,1-2H3,(H,21,23). The summed E-state index contributed by atoms with van der Waals surface area (Å²) in [6, 6.07) is 11.7. The zero-order valence-corrected chi connectivity index (χ0v) is 15.0. The number of carbonyl (C=O) groups excluding carboxylic acids is 3. The molecule has 1 unspecified atom stereocenters. The van der Waals surface area contributed by atoms with E-state index in [-0.39, 0.29) is 5.78 Å². The quantitative estimate of drug-likeness (QED) is 0.548. The number of nitrogens with one attached hydrogen (secondary N) is 1. The first-order valence-corrected chi connectivity index (χ1v) is 8.78. The van der Waals surface area contributed by atoms with E-state index in [4.69, 9.17) is 4.74 Å². The minimum Gasteiger partial charge on any atom is -0.449 e. The first-order valence-electron chi connectivity index (χ1n) is 7.91. The van der Waals surface area contributed by atoms with E-state index >= 15 is 0 Å². The molecule has 132 valence electrons. The predicted octanol–water partition coefficient (Wildman–Crippen LogP) is 3.68. The van der Waals surface area contributed by atoms with Crippen molar-refractivity contribution < 1.29 is 19.1 Å². The van der Waals surface area contributed by atoms with E-state index in [2.05, 4.69) is 10.3 Å². The average molecular weight is 368 g/mol. The lowest BCUT2D eigenvalue weighted by Crippen LogP contribution is -2.30. The second kappa shape index (κ2) is 7.45. The number of aromatic nitrogens is 1. The Morgan fingerprint density at radius 2 is 1.92 bits per heavy atom. The summed E-state index contributed by atoms with van der Waals surface area (Å²) < 4.78 is 6.11. The maximum atomic E-state index is 12.3. The van der Waals surface area contributed by atoms with Crippen LogP contribution in [0.1, 0.15) is 34.6 Å². The van der Waals surface area contributed by atoms with Gasteiger partial charge in [-0.3, -0.25) is 9.59 Å². The molecule has 6 nitrogen and oxygen atoms in total. The van der Waals surface area contributed by atoms with Crippen molar-refractivity contribution >= 4 is 44.9 Å². The normalized spacial score (nSPS) is 11.8. The van der Waals surface area contributed by atoms with Gasteiger partial charge in [-0.2, -0.15) is 0 Å². The third-order valence-electron chi connectivity index (χ3n) is 3.78. The number of ketones is 1. The van der Waals surface area contributed by atoms with Crippen molar-refractivity contribution in [2.24, 2.45) is 0 Å². The van der Waals surface area contributed by atoms with Crippen LogP contribution < -0.4 is 5.32 Å². The number of esters is 1. The monoisotopic (exact) mass is 368 g/mol. The molecule has 26 heavy (non-hydrogen) atoms. The fourth-order valence-corrected chi connectivity index (χ4v) is 3.11. The van der Waals surface area contributed by atoms with Crippen molar-refractivity contribution in [2.75, 3.05) is 5.32 Å². The van der Waals surface area contributed by atoms with Gasteiger partial charge in [-0.15, -0.1) is 11.3 Å². The van der Waals surface area contributed by atoms with Gasteiger partial charge in [0.05, 0.1) is 27.0 Å². The number of rotatable bonds is 5. The van der Waals surface area contributed by atoms with Crippen LogP contribution in [0.15, 0.2) is 48.0 Å². The number of hydrogen-bond acceptors (Lipinski definition) is 6. The minimum absolute atomic E-state index is 0.164. The summed E-state index contributed by atoms with van der Waals surface area (Å²) in [5.74, 6) is -1.27. The lowest BCUT2D eigenvalue weighted by Gasteiger charge is -2.15. The number of fused-ring (bicyclic) bond motifs is 1. The maximum Gasteiger partial charge on any atom is 0.338 e. The highest BCUT2D eigenvalue weighted by molar-refractivity contribution is 7.16. The van der Waals surface area contributed by atoms with E-state index in [1.165, 1.54) is 25.2 Å². The van der Waals surface area contributed by atoms with E-state index in [0.717, 1.165) is 10.2 Å². The molecule has 0 bridgehead atoms. The molecule has 0 saturated carbocycles. The number of ether oxygens (including phenoxy) is 1. The van der Waals surface area contributed by atoms with Crippen LogP contribution in [-0.2, 0) is 9.53 Å². The maximum absolute atomic E-state index is 12.3. The van der Waals surface area contributed by atoms with Crippen molar-refractivity contribution in [3.8, 4) is 0 Å². The highest BCUT2D eigenvalue weighted by atomic mass is 32.1. The zero-order chi connectivity index (χ0) is 18.7. The van der Waals surface area contributed by atoms with Crippen molar-refractivity contribution in [3.05, 3.63) is 59.1 Å². The van der Waals surface area contributed by atoms with Gasteiger partial charge in [-0.25, -0.2) is 9.78 Å². The molecule has 1 amide bonds. The van der Waals surface area contributed by atoms with Crippen LogP contribution in [0.4, 0.5) is 5.69 Å². The van der Waals surface area contributed by atoms with Crippen LogP contribution >= 0.6 is 11.3 Å². The molecule has 1 aromatic heterocycles. The summed E-state index contributed by atoms with van der Waals surface area (Å²) >= 11 is 1.42. The van der Waals surface area contributed by atoms with Gasteiger partial charge >= 0.3 is 5.97 Å². The topological polar surface area (TPSA) is 85.4 Å². The predicted molar refractivity (Wildman–Crippen MR) is 99.6 cm³/mol. The van der Waals surface area contributed by atoms with Crippen LogP contribution in [0, 0.1) is 0 Å². The first kappa shape index (κ1) is 17.8. The largest absolute Gasteiger partial charge is 0.449 e. The fraction of sp³-hybridized carbons (Fsp3) is 0.158. The molecule has 1 atom stereocenters. The van der Waals surface area contributed by atoms with Crippen molar-refractivity contribution in [2.45, 2.75) is 20.0 Å². The van der Waals surface area contributed by atoms with E-state index in [1.54, 1.807) is 48.0 Å². The molecule has 0 radical (unpaired) electrons. The molecule has 1 heterocycles. The SMILES string of the molecule is CC(=O)c1ccccc1NC(=O)C(C)OC(=O)c1ccc2ncsc2c1. The van der Waals surface area contributed by atoms with E-state index in [9.17, 15) is 14.4 Å². The Morgan fingerprint density at radius 1 is 1.15 bits per heavy atom. The molecule has 1 N–H and O–H groups in total. The van der Waals surface area contributed by atoms with Gasteiger partial charge in [0.2, 0.25) is 0 Å². The lowest BCUT2D eigenvalue weighted by atomic mass is 10.1. The van der Waals surface area contributed by atoms with Gasteiger partial charge in [0.15, 0.2) is 11.9 Å². The molecule has 0 aliphatic carbocycles. The number of carbonyl (C=O) groups is 3. The highest BCUT2D eigenvalue weighted by Crippen LogP contribution is 2.20. The van der Waals surface area contributed by atoms with Crippen LogP contribution in [0.3, 0.4) is 0 Å². The molecule has 0 aliphatic rings. The molecular weight excluding hydrogens is 352 g/mol. The van der Waals surface area contributed by atoms with Crippen molar-refractivity contribution in [1.29, 1.82) is 0 Å². The molecule has 3 rings (SSSR count). The number of amides is 1. The summed E-state index contributed by atoms with van der Waals surface area (Å²) in [5, 5.41) is 2.63. The summed E-state index contributed by atoms with van der Waals surface area (Å²) in [6.45, 7) is 2.90. The lowest BCUT2D eigenvalue weighted by molar-refractivity contribution is -0.123. The van der Waals surface area contributed by atoms with Gasteiger partial charge in [-0.05, 0) is 44.2 Å². The van der Waals surface area contributed by atoms with Crippen molar-refractivity contribution in [3.63, 3.8) is 0 Å². The number of nitrogens with zero attached hydrogens (tertiary/aromatic N) is 1. The molecule has 3 aromatic rings. The van der Waals surface area contributed by atoms with Gasteiger partial charge in [0.25, 0.3) is 5.91 Å². The Bertz CT molecular complexity index is 996. The third-order valence-corrected chi connectivity index (χ3v) is 4.58. The molecule has 0 aliphatic heterocycles. The van der Waals surface area contributed by atoms with Crippen LogP contribution in [0.25, 0.3) is 10.2 Å². The molecule has 0 saturated heterocycles. The van der Waals surface area contributed by atoms with Gasteiger partial charge in [0.1, 0.15) is 0 Å². The van der Waals surface area contributed by atoms with Crippen LogP contribution in [-0.4, -0.2) is 28.7 Å². The van der Waals surface area contributed by atoms with Gasteiger partial charge in [0, 0.05) is 5.56 Å². The van der Waals surface area contributed by atoms with Gasteiger partial charge < -0.3 is 10.1 Å². The molecule has 0 fully saturated rings. The second-order valence-corrected chi connectivity index (χ2v) is 6.56. The zero-order valence-electron chi connectivity index (χ0n) is 14.2. The minimum atomic E-state index is -1.01. The van der Waals surface area contributed by atoms with Gasteiger partial charge in [-0.1, -0.05) is 12.1 Å². The number of para-hydroxylation sites is 1. The molecule has 0 spiro atoms. The van der Waals surface area contributed by atoms with E-state index in [0.29, 0.717) is 16.8 Å². The number of thiazole rings is 1. The van der Waals surface area contributed by atoms with Crippen LogP contribution in [0.5, 0.6) is 0 Å². The fourth-order valence-electron chi connectivity index (χ4n) is 2.40. The summed E-state index contributed by atoms with van der Waals surface area (Å²) in [6.07, 6.45) is -1.01. The summed E-state index contributed by atoms with van der Waals surface area (Å²) in [4.78, 5) is 40.4. The number of benzene rings is 2. The number of anilines is 1. The Labute approximate surface area is 153 Å².